The summed E-state index contributed by atoms with van der Waals surface area (Å²) in [5.74, 6) is 6.82. The van der Waals surface area contributed by atoms with Crippen molar-refractivity contribution in [2.24, 2.45) is 0 Å². The fourth-order valence-corrected chi connectivity index (χ4v) is 2.72. The molecule has 3 rings (SSSR count). The van der Waals surface area contributed by atoms with Gasteiger partial charge in [0.1, 0.15) is 0 Å². The molecule has 0 aliphatic carbocycles. The van der Waals surface area contributed by atoms with E-state index in [4.69, 9.17) is 0 Å². The summed E-state index contributed by atoms with van der Waals surface area (Å²) in [5, 5.41) is 0. The second-order valence-corrected chi connectivity index (χ2v) is 5.54. The van der Waals surface area contributed by atoms with E-state index in [-0.39, 0.29) is 0 Å². The van der Waals surface area contributed by atoms with Crippen LogP contribution in [0.2, 0.25) is 0 Å². The maximum atomic E-state index is 11.7. The number of anilines is 1. The lowest BCUT2D eigenvalue weighted by Gasteiger charge is -2.25. The van der Waals surface area contributed by atoms with Crippen molar-refractivity contribution in [3.63, 3.8) is 0 Å². The number of benzene rings is 2. The lowest BCUT2D eigenvalue weighted by molar-refractivity contribution is -0.107. The van der Waals surface area contributed by atoms with E-state index in [1.807, 2.05) is 36.4 Å². The third-order valence-electron chi connectivity index (χ3n) is 3.79. The number of hydrogen-bond donors (Lipinski definition) is 0. The van der Waals surface area contributed by atoms with E-state index in [0.717, 1.165) is 34.4 Å². The molecule has 0 saturated carbocycles. The zero-order valence-corrected chi connectivity index (χ0v) is 12.3. The van der Waals surface area contributed by atoms with Crippen LogP contribution < -0.4 is 4.90 Å². The van der Waals surface area contributed by atoms with E-state index < -0.39 is 0 Å². The first-order valence-corrected chi connectivity index (χ1v) is 7.15. The van der Waals surface area contributed by atoms with Crippen molar-refractivity contribution < 1.29 is 4.79 Å². The fourth-order valence-electron chi connectivity index (χ4n) is 2.72. The molecule has 2 nitrogen and oxygen atoms in total. The van der Waals surface area contributed by atoms with Crippen molar-refractivity contribution >= 4 is 12.1 Å². The third kappa shape index (κ3) is 2.43. The number of nitrogens with zero attached hydrogens (tertiary/aromatic N) is 1. The molecular weight excluding hydrogens is 258 g/mol. The van der Waals surface area contributed by atoms with Crippen LogP contribution in [0.25, 0.3) is 0 Å². The smallest absolute Gasteiger partial charge is 0.214 e. The topological polar surface area (TPSA) is 20.3 Å². The molecule has 0 bridgehead atoms. The van der Waals surface area contributed by atoms with E-state index in [2.05, 4.69) is 31.8 Å². The zero-order valence-electron chi connectivity index (χ0n) is 12.3. The van der Waals surface area contributed by atoms with E-state index in [0.29, 0.717) is 12.5 Å². The van der Waals surface area contributed by atoms with Gasteiger partial charge in [-0.15, -0.1) is 0 Å². The lowest BCUT2D eigenvalue weighted by Crippen LogP contribution is -2.24. The molecule has 1 aliphatic rings. The van der Waals surface area contributed by atoms with Gasteiger partial charge in [0.15, 0.2) is 0 Å². The minimum Gasteiger partial charge on any atom is -0.309 e. The first kappa shape index (κ1) is 13.5. The van der Waals surface area contributed by atoms with E-state index in [1.165, 1.54) is 0 Å². The summed E-state index contributed by atoms with van der Waals surface area (Å²) in [7, 11) is 0. The molecule has 1 heterocycles. The van der Waals surface area contributed by atoms with Crippen LogP contribution in [0, 0.1) is 11.8 Å². The first-order valence-electron chi connectivity index (χ1n) is 7.15. The Kier molecular flexibility index (Phi) is 3.50. The minimum absolute atomic E-state index is 0.346. The van der Waals surface area contributed by atoms with Crippen LogP contribution in [0.4, 0.5) is 5.69 Å². The van der Waals surface area contributed by atoms with Crippen LogP contribution in [-0.2, 0) is 11.3 Å². The van der Waals surface area contributed by atoms with Crippen molar-refractivity contribution in [3.8, 4) is 11.8 Å². The van der Waals surface area contributed by atoms with Gasteiger partial charge in [0.2, 0.25) is 6.41 Å². The van der Waals surface area contributed by atoms with Crippen LogP contribution in [0.15, 0.2) is 42.5 Å². The van der Waals surface area contributed by atoms with Crippen molar-refractivity contribution in [1.82, 2.24) is 0 Å². The van der Waals surface area contributed by atoms with Gasteiger partial charge in [-0.1, -0.05) is 56.0 Å². The predicted molar refractivity (Wildman–Crippen MR) is 85.2 cm³/mol. The summed E-state index contributed by atoms with van der Waals surface area (Å²) in [6.07, 6.45) is 0.911. The SMILES string of the molecule is CC(C)c1cccc2c1N(C=O)Cc1ccccc1C#C2. The van der Waals surface area contributed by atoms with Crippen LogP contribution >= 0.6 is 0 Å². The molecule has 0 saturated heterocycles. The maximum Gasteiger partial charge on any atom is 0.214 e. The van der Waals surface area contributed by atoms with Crippen molar-refractivity contribution in [2.45, 2.75) is 26.3 Å². The molecule has 0 spiro atoms. The molecule has 0 unspecified atom stereocenters. The van der Waals surface area contributed by atoms with E-state index in [1.54, 1.807) is 4.90 Å². The van der Waals surface area contributed by atoms with Crippen LogP contribution in [-0.4, -0.2) is 6.41 Å². The lowest BCUT2D eigenvalue weighted by atomic mass is 9.95. The van der Waals surface area contributed by atoms with Gasteiger partial charge in [0.05, 0.1) is 12.2 Å². The van der Waals surface area contributed by atoms with Gasteiger partial charge in [0.25, 0.3) is 0 Å². The van der Waals surface area contributed by atoms with E-state index >= 15 is 0 Å². The van der Waals surface area contributed by atoms with E-state index in [9.17, 15) is 4.79 Å². The number of fused-ring (bicyclic) bond motifs is 2. The number of rotatable bonds is 2. The number of carbonyl (C=O) groups is 1. The second kappa shape index (κ2) is 5.46. The zero-order chi connectivity index (χ0) is 14.8. The first-order chi connectivity index (χ1) is 10.2. The summed E-state index contributed by atoms with van der Waals surface area (Å²) in [5.41, 5.74) is 5.10. The van der Waals surface area contributed by atoms with Gasteiger partial charge >= 0.3 is 0 Å². The maximum absolute atomic E-state index is 11.7. The average Bonchev–Trinajstić information content (AvgIpc) is 2.49. The van der Waals surface area contributed by atoms with Gasteiger partial charge in [-0.2, -0.15) is 0 Å². The van der Waals surface area contributed by atoms with Crippen molar-refractivity contribution in [1.29, 1.82) is 0 Å². The molecule has 0 N–H and O–H groups in total. The number of amides is 1. The highest BCUT2D eigenvalue weighted by Crippen LogP contribution is 2.32. The number of carbonyl (C=O) groups excluding carboxylic acids is 1. The molecule has 21 heavy (non-hydrogen) atoms. The third-order valence-corrected chi connectivity index (χ3v) is 3.79. The van der Waals surface area contributed by atoms with Gasteiger partial charge in [-0.25, -0.2) is 0 Å². The summed E-state index contributed by atoms with van der Waals surface area (Å²) < 4.78 is 0. The molecule has 1 aliphatic heterocycles. The molecule has 0 radical (unpaired) electrons. The summed E-state index contributed by atoms with van der Waals surface area (Å²) in [4.78, 5) is 13.4. The highest BCUT2D eigenvalue weighted by Gasteiger charge is 2.19. The highest BCUT2D eigenvalue weighted by atomic mass is 16.1. The molecule has 2 heteroatoms. The monoisotopic (exact) mass is 275 g/mol. The highest BCUT2D eigenvalue weighted by molar-refractivity contribution is 5.82. The quantitative estimate of drug-likeness (QED) is 0.604. The van der Waals surface area contributed by atoms with Crippen LogP contribution in [0.3, 0.4) is 0 Å². The molecule has 1 amide bonds. The Bertz CT molecular complexity index is 750. The Balaban J connectivity index is 2.26. The van der Waals surface area contributed by atoms with Crippen molar-refractivity contribution in [2.75, 3.05) is 4.90 Å². The Labute approximate surface area is 125 Å². The van der Waals surface area contributed by atoms with Gasteiger partial charge in [-0.3, -0.25) is 4.79 Å². The van der Waals surface area contributed by atoms with Crippen LogP contribution in [0.1, 0.15) is 42.0 Å². The predicted octanol–water partition coefficient (Wildman–Crippen LogP) is 3.69. The summed E-state index contributed by atoms with van der Waals surface area (Å²) >= 11 is 0. The fraction of sp³-hybridized carbons (Fsp3) is 0.211. The standard InChI is InChI=1S/C19H17NO/c1-14(2)18-9-5-8-16-11-10-15-6-3-4-7-17(15)12-20(13-21)19(16)18/h3-9,13-14H,12H2,1-2H3. The Hall–Kier alpha value is -2.53. The van der Waals surface area contributed by atoms with Gasteiger partial charge in [0, 0.05) is 11.1 Å². The van der Waals surface area contributed by atoms with Gasteiger partial charge in [-0.05, 0) is 29.2 Å². The largest absolute Gasteiger partial charge is 0.309 e. The molecule has 104 valence electrons. The Morgan fingerprint density at radius 3 is 2.52 bits per heavy atom. The molecule has 0 aromatic heterocycles. The Morgan fingerprint density at radius 2 is 1.76 bits per heavy atom. The molecule has 0 atom stereocenters. The van der Waals surface area contributed by atoms with Crippen molar-refractivity contribution in [3.05, 3.63) is 64.7 Å². The summed E-state index contributed by atoms with van der Waals surface area (Å²) in [6, 6.07) is 14.1. The average molecular weight is 275 g/mol. The molecule has 2 aromatic carbocycles. The molecule has 0 fully saturated rings. The van der Waals surface area contributed by atoms with Gasteiger partial charge < -0.3 is 4.90 Å². The minimum atomic E-state index is 0.346. The number of hydrogen-bond acceptors (Lipinski definition) is 1. The Morgan fingerprint density at radius 1 is 1.05 bits per heavy atom. The summed E-state index contributed by atoms with van der Waals surface area (Å²) in [6.45, 7) is 4.84. The normalized spacial score (nSPS) is 12.6. The number of para-hydroxylation sites is 1. The second-order valence-electron chi connectivity index (χ2n) is 5.54. The van der Waals surface area contributed by atoms with Crippen LogP contribution in [0.5, 0.6) is 0 Å². The molecular formula is C19H17NO. The molecule has 2 aromatic rings.